The van der Waals surface area contributed by atoms with Crippen LogP contribution in [0.5, 0.6) is 0 Å². The molecular weight excluding hydrogens is 234 g/mol. The van der Waals surface area contributed by atoms with E-state index in [0.717, 1.165) is 30.5 Å². The van der Waals surface area contributed by atoms with Crippen LogP contribution in [0, 0.1) is 0 Å². The highest BCUT2D eigenvalue weighted by molar-refractivity contribution is 5.69. The topological polar surface area (TPSA) is 94.9 Å². The van der Waals surface area contributed by atoms with Crippen LogP contribution in [0.25, 0.3) is 0 Å². The molecule has 0 fully saturated rings. The molecule has 98 valence electrons. The molecule has 1 aromatic heterocycles. The standard InChI is InChI=1S/C11H17N5O2/c1-2-18-11(17)7-16-10-5-3-4-9(14-15-12)8(10)6-13-16/h6,9H,2-5,7H2,1H3,(H2,12,14)/t9-/m0/s1. The first-order valence-electron chi connectivity index (χ1n) is 6.06. The molecule has 0 amide bonds. The summed E-state index contributed by atoms with van der Waals surface area (Å²) in [7, 11) is 0. The Balaban J connectivity index is 2.17. The van der Waals surface area contributed by atoms with Gasteiger partial charge in [-0.15, -0.1) is 0 Å². The van der Waals surface area contributed by atoms with E-state index in [0.29, 0.717) is 6.61 Å². The summed E-state index contributed by atoms with van der Waals surface area (Å²) in [6.07, 6.45) is 4.54. The van der Waals surface area contributed by atoms with Gasteiger partial charge in [-0.2, -0.15) is 10.2 Å². The molecule has 2 rings (SSSR count). The minimum atomic E-state index is -0.272. The molecule has 0 spiro atoms. The van der Waals surface area contributed by atoms with Crippen molar-refractivity contribution >= 4 is 5.97 Å². The Morgan fingerprint density at radius 3 is 3.28 bits per heavy atom. The Hall–Kier alpha value is -1.92. The van der Waals surface area contributed by atoms with Crippen molar-refractivity contribution in [2.75, 3.05) is 6.61 Å². The van der Waals surface area contributed by atoms with Crippen molar-refractivity contribution in [3.63, 3.8) is 0 Å². The maximum absolute atomic E-state index is 11.5. The van der Waals surface area contributed by atoms with Crippen LogP contribution in [0.4, 0.5) is 0 Å². The predicted octanol–water partition coefficient (Wildman–Crippen LogP) is 1.15. The van der Waals surface area contributed by atoms with Crippen molar-refractivity contribution in [3.8, 4) is 0 Å². The second-order valence-corrected chi connectivity index (χ2v) is 4.15. The zero-order valence-corrected chi connectivity index (χ0v) is 10.4. The van der Waals surface area contributed by atoms with Gasteiger partial charge in [0.1, 0.15) is 12.6 Å². The number of hydrogen-bond donors (Lipinski definition) is 1. The SMILES string of the molecule is CCOC(=O)Cn1ncc2c1CCC[C@@H]2N=NN. The Labute approximate surface area is 105 Å². The van der Waals surface area contributed by atoms with Crippen molar-refractivity contribution in [1.29, 1.82) is 0 Å². The van der Waals surface area contributed by atoms with Gasteiger partial charge in [0.25, 0.3) is 0 Å². The van der Waals surface area contributed by atoms with Crippen molar-refractivity contribution in [1.82, 2.24) is 9.78 Å². The largest absolute Gasteiger partial charge is 0.465 e. The Morgan fingerprint density at radius 1 is 1.72 bits per heavy atom. The van der Waals surface area contributed by atoms with Crippen LogP contribution >= 0.6 is 0 Å². The number of carbonyl (C=O) groups excluding carboxylic acids is 1. The van der Waals surface area contributed by atoms with E-state index in [1.165, 1.54) is 0 Å². The molecule has 7 nitrogen and oxygen atoms in total. The Kier molecular flexibility index (Phi) is 3.91. The number of nitrogens with two attached hydrogens (primary N) is 1. The molecule has 0 saturated heterocycles. The lowest BCUT2D eigenvalue weighted by molar-refractivity contribution is -0.144. The van der Waals surface area contributed by atoms with Crippen LogP contribution in [-0.4, -0.2) is 22.4 Å². The maximum Gasteiger partial charge on any atom is 0.327 e. The van der Waals surface area contributed by atoms with Gasteiger partial charge < -0.3 is 10.6 Å². The number of fused-ring (bicyclic) bond motifs is 1. The lowest BCUT2D eigenvalue weighted by atomic mass is 9.94. The lowest BCUT2D eigenvalue weighted by Gasteiger charge is -2.18. The Bertz CT molecular complexity index is 454. The monoisotopic (exact) mass is 251 g/mol. The fourth-order valence-electron chi connectivity index (χ4n) is 2.26. The van der Waals surface area contributed by atoms with Crippen LogP contribution in [-0.2, 0) is 22.5 Å². The zero-order valence-electron chi connectivity index (χ0n) is 10.4. The van der Waals surface area contributed by atoms with E-state index in [1.807, 2.05) is 0 Å². The van der Waals surface area contributed by atoms with Gasteiger partial charge in [0.05, 0.1) is 12.8 Å². The molecule has 0 saturated carbocycles. The first-order valence-corrected chi connectivity index (χ1v) is 6.06. The highest BCUT2D eigenvalue weighted by Crippen LogP contribution is 2.32. The van der Waals surface area contributed by atoms with E-state index in [2.05, 4.69) is 15.4 Å². The third-order valence-electron chi connectivity index (χ3n) is 3.02. The first kappa shape index (κ1) is 12.5. The summed E-state index contributed by atoms with van der Waals surface area (Å²) < 4.78 is 6.60. The van der Waals surface area contributed by atoms with Gasteiger partial charge in [0, 0.05) is 11.3 Å². The second-order valence-electron chi connectivity index (χ2n) is 4.15. The summed E-state index contributed by atoms with van der Waals surface area (Å²) in [6.45, 7) is 2.32. The van der Waals surface area contributed by atoms with E-state index < -0.39 is 0 Å². The van der Waals surface area contributed by atoms with Gasteiger partial charge in [-0.05, 0) is 26.2 Å². The number of aromatic nitrogens is 2. The van der Waals surface area contributed by atoms with E-state index in [-0.39, 0.29) is 18.6 Å². The molecule has 1 aliphatic rings. The predicted molar refractivity (Wildman–Crippen MR) is 63.6 cm³/mol. The second kappa shape index (κ2) is 5.61. The van der Waals surface area contributed by atoms with E-state index in [1.54, 1.807) is 17.8 Å². The molecule has 0 aromatic carbocycles. The van der Waals surface area contributed by atoms with E-state index in [4.69, 9.17) is 10.6 Å². The normalized spacial score (nSPS) is 18.8. The molecule has 1 heterocycles. The van der Waals surface area contributed by atoms with Crippen LogP contribution in [0.2, 0.25) is 0 Å². The molecule has 0 bridgehead atoms. The average Bonchev–Trinajstić information content (AvgIpc) is 2.74. The van der Waals surface area contributed by atoms with Crippen LogP contribution < -0.4 is 5.84 Å². The summed E-state index contributed by atoms with van der Waals surface area (Å²) in [5.41, 5.74) is 2.05. The molecule has 1 atom stereocenters. The van der Waals surface area contributed by atoms with Crippen LogP contribution in [0.15, 0.2) is 16.5 Å². The van der Waals surface area contributed by atoms with Crippen molar-refractivity contribution in [3.05, 3.63) is 17.5 Å². The summed E-state index contributed by atoms with van der Waals surface area (Å²) in [5, 5.41) is 11.6. The summed E-state index contributed by atoms with van der Waals surface area (Å²) >= 11 is 0. The van der Waals surface area contributed by atoms with Crippen molar-refractivity contribution in [2.24, 2.45) is 16.2 Å². The van der Waals surface area contributed by atoms with Gasteiger partial charge in [-0.1, -0.05) is 5.22 Å². The lowest BCUT2D eigenvalue weighted by Crippen LogP contribution is -2.18. The van der Waals surface area contributed by atoms with Gasteiger partial charge >= 0.3 is 5.97 Å². The molecule has 2 N–H and O–H groups in total. The van der Waals surface area contributed by atoms with Gasteiger partial charge in [0.15, 0.2) is 0 Å². The summed E-state index contributed by atoms with van der Waals surface area (Å²) in [6, 6.07) is -0.0327. The number of esters is 1. The van der Waals surface area contributed by atoms with Crippen LogP contribution in [0.1, 0.15) is 37.1 Å². The third kappa shape index (κ3) is 2.49. The molecule has 0 radical (unpaired) electrons. The number of ether oxygens (including phenoxy) is 1. The zero-order chi connectivity index (χ0) is 13.0. The van der Waals surface area contributed by atoms with Crippen LogP contribution in [0.3, 0.4) is 0 Å². The minimum Gasteiger partial charge on any atom is -0.465 e. The maximum atomic E-state index is 11.5. The fraction of sp³-hybridized carbons (Fsp3) is 0.636. The molecular formula is C11H17N5O2. The van der Waals surface area contributed by atoms with E-state index in [9.17, 15) is 4.79 Å². The summed E-state index contributed by atoms with van der Waals surface area (Å²) in [5.74, 6) is 4.83. The van der Waals surface area contributed by atoms with E-state index >= 15 is 0 Å². The third-order valence-corrected chi connectivity index (χ3v) is 3.02. The minimum absolute atomic E-state index is 0.0327. The highest BCUT2D eigenvalue weighted by atomic mass is 16.5. The molecule has 7 heteroatoms. The number of hydrogen-bond acceptors (Lipinski definition) is 5. The molecule has 0 aliphatic heterocycles. The first-order chi connectivity index (χ1) is 8.76. The number of rotatable bonds is 4. The van der Waals surface area contributed by atoms with Gasteiger partial charge in [-0.25, -0.2) is 0 Å². The van der Waals surface area contributed by atoms with Crippen molar-refractivity contribution in [2.45, 2.75) is 38.8 Å². The number of carbonyl (C=O) groups is 1. The molecule has 0 unspecified atom stereocenters. The highest BCUT2D eigenvalue weighted by Gasteiger charge is 2.24. The quantitative estimate of drug-likeness (QED) is 0.376. The molecule has 1 aromatic rings. The molecule has 1 aliphatic carbocycles. The molecule has 18 heavy (non-hydrogen) atoms. The fourth-order valence-corrected chi connectivity index (χ4v) is 2.26. The smallest absolute Gasteiger partial charge is 0.327 e. The van der Waals surface area contributed by atoms with Gasteiger partial charge in [0.2, 0.25) is 0 Å². The number of nitrogens with zero attached hydrogens (tertiary/aromatic N) is 4. The average molecular weight is 251 g/mol. The van der Waals surface area contributed by atoms with Gasteiger partial charge in [-0.3, -0.25) is 9.48 Å². The Morgan fingerprint density at radius 2 is 2.56 bits per heavy atom. The van der Waals surface area contributed by atoms with Crippen molar-refractivity contribution < 1.29 is 9.53 Å². The summed E-state index contributed by atoms with van der Waals surface area (Å²) in [4.78, 5) is 11.5.